The molecule has 3 N–H and O–H groups in total. The Hall–Kier alpha value is -5.66. The molecule has 8 atom stereocenters. The van der Waals surface area contributed by atoms with Crippen LogP contribution >= 0.6 is 0 Å². The third kappa shape index (κ3) is 10.1. The van der Waals surface area contributed by atoms with Crippen molar-refractivity contribution >= 4 is 44.6 Å². The van der Waals surface area contributed by atoms with Gasteiger partial charge in [0.15, 0.2) is 11.6 Å². The second-order valence-corrected chi connectivity index (χ2v) is 21.2. The van der Waals surface area contributed by atoms with Gasteiger partial charge in [0, 0.05) is 23.3 Å². The summed E-state index contributed by atoms with van der Waals surface area (Å²) in [4.78, 5) is 62.7. The van der Waals surface area contributed by atoms with Gasteiger partial charge >= 0.3 is 12.3 Å². The van der Waals surface area contributed by atoms with Gasteiger partial charge in [-0.3, -0.25) is 24.0 Å². The van der Waals surface area contributed by atoms with Gasteiger partial charge in [-0.25, -0.2) is 22.6 Å². The highest BCUT2D eigenvalue weighted by molar-refractivity contribution is 7.91. The predicted molar refractivity (Wildman–Crippen MR) is 238 cm³/mol. The fraction of sp³-hybridized carbons (Fsp3) is 0.553. The molecule has 0 spiro atoms. The smallest absolute Gasteiger partial charge is 0.408 e. The van der Waals surface area contributed by atoms with Crippen molar-refractivity contribution < 1.29 is 64.5 Å². The molecular weight excluding hydrogens is 903 g/mol. The minimum atomic E-state index is -5.08. The highest BCUT2D eigenvalue weighted by Crippen LogP contribution is 2.48. The number of sulfonamides is 1. The Kier molecular flexibility index (Phi) is 13.6. The van der Waals surface area contributed by atoms with E-state index in [-0.39, 0.29) is 53.5 Å². The number of fused-ring (bicyclic) bond motifs is 3. The molecule has 2 saturated carbocycles. The predicted octanol–water partition coefficient (Wildman–Crippen LogP) is 7.37. The van der Waals surface area contributed by atoms with Crippen LogP contribution in [-0.2, 0) is 24.4 Å². The van der Waals surface area contributed by atoms with E-state index in [1.54, 1.807) is 56.3 Å². The first kappa shape index (κ1) is 49.3. The number of nitrogens with one attached hydrogen (secondary N) is 2. The Balaban J connectivity index is 1.31. The molecule has 0 radical (unpaired) electrons. The van der Waals surface area contributed by atoms with Crippen LogP contribution < -0.4 is 24.2 Å². The van der Waals surface area contributed by atoms with E-state index >= 15 is 9.18 Å². The zero-order valence-corrected chi connectivity index (χ0v) is 39.2. The zero-order chi connectivity index (χ0) is 49.0. The number of amides is 4. The van der Waals surface area contributed by atoms with Crippen LogP contribution in [0, 0.1) is 23.6 Å². The van der Waals surface area contributed by atoms with E-state index in [1.807, 2.05) is 6.92 Å². The van der Waals surface area contributed by atoms with Gasteiger partial charge in [-0.1, -0.05) is 26.0 Å². The lowest BCUT2D eigenvalue weighted by Gasteiger charge is -2.40. The number of hydrogen-bond donors (Lipinski definition) is 3. The summed E-state index contributed by atoms with van der Waals surface area (Å²) in [7, 11) is -2.70. The Labute approximate surface area is 386 Å². The van der Waals surface area contributed by atoms with Gasteiger partial charge in [0.25, 0.3) is 5.91 Å². The van der Waals surface area contributed by atoms with E-state index in [0.29, 0.717) is 54.7 Å². The molecule has 3 heterocycles. The normalized spacial score (nSPS) is 27.4. The first-order valence-corrected chi connectivity index (χ1v) is 23.9. The summed E-state index contributed by atoms with van der Waals surface area (Å²) in [6, 6.07) is 4.86. The summed E-state index contributed by atoms with van der Waals surface area (Å²) in [5.41, 5.74) is -1.18. The number of methoxy groups -OCH3 is 1. The molecule has 7 rings (SSSR count). The molecule has 3 aromatic rings. The lowest BCUT2D eigenvalue weighted by atomic mass is 9.86. The molecule has 15 nitrogen and oxygen atoms in total. The van der Waals surface area contributed by atoms with E-state index in [9.17, 15) is 41.1 Å². The summed E-state index contributed by atoms with van der Waals surface area (Å²) in [5.74, 6) is -5.05. The SMILES string of the molecule is COc1ccc2c(O[C@@H]3C[C@H]4C(=O)N[C@]5(C(=O)NS(=O)(=O)C6(C)CC6)C[C@H]5/C=C\CC[C@@H](C)C[C@@H](C)[C@H](N(C(=O)O)[C@H](C)C(F)(F)F)C(=O)N4C3)nc(-c3ccc(OC(C)C)c(F)c3)cc2c1. The number of nitrogens with zero attached hydrogens (tertiary/aromatic N) is 3. The fourth-order valence-corrected chi connectivity index (χ4v) is 10.5. The van der Waals surface area contributed by atoms with Gasteiger partial charge in [-0.2, -0.15) is 13.2 Å². The summed E-state index contributed by atoms with van der Waals surface area (Å²) >= 11 is 0. The van der Waals surface area contributed by atoms with Crippen LogP contribution in [0.5, 0.6) is 17.4 Å². The van der Waals surface area contributed by atoms with Crippen molar-refractivity contribution in [2.24, 2.45) is 17.8 Å². The summed E-state index contributed by atoms with van der Waals surface area (Å²) in [6.07, 6.45) is -3.60. The van der Waals surface area contributed by atoms with E-state index in [4.69, 9.17) is 19.2 Å². The number of ether oxygens (including phenoxy) is 3. The number of carboxylic acid groups (broad SMARTS) is 1. The third-order valence-electron chi connectivity index (χ3n) is 13.5. The molecule has 364 valence electrons. The van der Waals surface area contributed by atoms with Crippen molar-refractivity contribution in [1.29, 1.82) is 0 Å². The molecule has 67 heavy (non-hydrogen) atoms. The van der Waals surface area contributed by atoms with Crippen LogP contribution in [-0.4, -0.2) is 113 Å². The number of alkyl halides is 3. The second-order valence-electron chi connectivity index (χ2n) is 19.0. The number of halogens is 4. The molecule has 0 bridgehead atoms. The number of carbonyl (C=O) groups is 4. The van der Waals surface area contributed by atoms with Crippen LogP contribution in [0.25, 0.3) is 22.0 Å². The third-order valence-corrected chi connectivity index (χ3v) is 15.6. The number of pyridine rings is 1. The molecule has 20 heteroatoms. The fourth-order valence-electron chi connectivity index (χ4n) is 9.19. The van der Waals surface area contributed by atoms with Gasteiger partial charge < -0.3 is 29.5 Å². The quantitative estimate of drug-likeness (QED) is 0.128. The van der Waals surface area contributed by atoms with Gasteiger partial charge in [-0.15, -0.1) is 0 Å². The molecule has 2 aromatic carbocycles. The van der Waals surface area contributed by atoms with Gasteiger partial charge in [0.05, 0.1) is 30.2 Å². The lowest BCUT2D eigenvalue weighted by Crippen LogP contribution is -2.62. The molecule has 3 fully saturated rings. The number of benzene rings is 2. The number of aromatic nitrogens is 1. The minimum absolute atomic E-state index is 0.0103. The Morgan fingerprint density at radius 2 is 1.78 bits per heavy atom. The zero-order valence-electron chi connectivity index (χ0n) is 38.4. The highest BCUT2D eigenvalue weighted by atomic mass is 32.2. The summed E-state index contributed by atoms with van der Waals surface area (Å²) in [6.45, 7) is 8.55. The molecule has 1 aromatic heterocycles. The van der Waals surface area contributed by atoms with Crippen molar-refractivity contribution in [3.8, 4) is 28.6 Å². The van der Waals surface area contributed by atoms with Crippen LogP contribution in [0.4, 0.5) is 22.4 Å². The van der Waals surface area contributed by atoms with E-state index < -0.39 is 98.7 Å². The van der Waals surface area contributed by atoms with Crippen molar-refractivity contribution in [2.75, 3.05) is 13.7 Å². The van der Waals surface area contributed by atoms with E-state index in [2.05, 4.69) is 10.0 Å². The molecule has 0 unspecified atom stereocenters. The maximum Gasteiger partial charge on any atom is 0.408 e. The highest BCUT2D eigenvalue weighted by Gasteiger charge is 2.63. The first-order valence-electron chi connectivity index (χ1n) is 22.4. The Morgan fingerprint density at radius 3 is 2.40 bits per heavy atom. The molecule has 1 saturated heterocycles. The molecular formula is C47H57F4N5O10S. The monoisotopic (exact) mass is 959 g/mol. The van der Waals surface area contributed by atoms with Gasteiger partial charge in [0.1, 0.15) is 35.5 Å². The van der Waals surface area contributed by atoms with E-state index in [1.165, 1.54) is 33.1 Å². The van der Waals surface area contributed by atoms with E-state index in [0.717, 1.165) is 4.90 Å². The number of hydrogen-bond acceptors (Lipinski definition) is 10. The second kappa shape index (κ2) is 18.4. The van der Waals surface area contributed by atoms with Gasteiger partial charge in [-0.05, 0) is 126 Å². The summed E-state index contributed by atoms with van der Waals surface area (Å²) < 4.78 is 104. The summed E-state index contributed by atoms with van der Waals surface area (Å²) in [5, 5.41) is 14.1. The van der Waals surface area contributed by atoms with Crippen molar-refractivity contribution in [3.05, 3.63) is 60.4 Å². The average Bonchev–Trinajstić information content (AvgIpc) is 4.13. The maximum atomic E-state index is 15.3. The van der Waals surface area contributed by atoms with Crippen LogP contribution in [0.3, 0.4) is 0 Å². The lowest BCUT2D eigenvalue weighted by molar-refractivity contribution is -0.184. The van der Waals surface area contributed by atoms with Crippen LogP contribution in [0.2, 0.25) is 0 Å². The van der Waals surface area contributed by atoms with Crippen molar-refractivity contribution in [2.45, 2.75) is 133 Å². The Morgan fingerprint density at radius 1 is 1.06 bits per heavy atom. The minimum Gasteiger partial charge on any atom is -0.497 e. The van der Waals surface area contributed by atoms with Crippen LogP contribution in [0.1, 0.15) is 86.5 Å². The molecule has 4 amide bonds. The molecule has 2 aliphatic heterocycles. The Bertz CT molecular complexity index is 2570. The van der Waals surface area contributed by atoms with Crippen LogP contribution in [0.15, 0.2) is 54.6 Å². The van der Waals surface area contributed by atoms with Crippen molar-refractivity contribution in [1.82, 2.24) is 24.8 Å². The number of rotatable bonds is 11. The largest absolute Gasteiger partial charge is 0.497 e. The maximum absolute atomic E-state index is 15.3. The molecule has 2 aliphatic carbocycles. The van der Waals surface area contributed by atoms with Gasteiger partial charge in [0.2, 0.25) is 27.7 Å². The van der Waals surface area contributed by atoms with Crippen molar-refractivity contribution in [3.63, 3.8) is 0 Å². The molecule has 4 aliphatic rings. The number of allylic oxidation sites excluding steroid dienone is 1. The first-order chi connectivity index (χ1) is 31.4. The average molecular weight is 960 g/mol. The number of carbonyl (C=O) groups excluding carboxylic acids is 3. The topological polar surface area (TPSA) is 194 Å². The standard InChI is InChI=1S/C47H57F4N5O10S/c1-25(2)65-38-15-12-29(20-35(38)48)36-21-30-19-32(64-7)13-14-34(30)41(52-36)66-33-22-37-40(57)53-46(43(59)54-67(62,63)45(6)16-17-45)23-31(46)11-9-8-10-26(3)18-27(4)39(42(58)55(37)24-33)56(44(60)61)28(5)47(49,50)51/h9,11-15,19-21,25-28,31,33,37,39H,8,10,16-18,22-24H2,1-7H3,(H,53,57)(H,54,59)(H,60,61)/b11-9-/t26-,27-,28-,31-,33-,37+,39+,46-/m1/s1.